The molecule has 0 rings (SSSR count). The lowest BCUT2D eigenvalue weighted by Gasteiger charge is -2.14. The molecule has 0 heterocycles. The summed E-state index contributed by atoms with van der Waals surface area (Å²) in [5.74, 6) is -0.408. The third-order valence-corrected chi connectivity index (χ3v) is 4.61. The minimum Gasteiger partial charge on any atom is -0.463 e. The van der Waals surface area contributed by atoms with Gasteiger partial charge >= 0.3 is 11.9 Å². The Balaban J connectivity index is 3.63. The molecule has 2 unspecified atom stereocenters. The number of hydrogen-bond acceptors (Lipinski definition) is 4. The summed E-state index contributed by atoms with van der Waals surface area (Å²) in [6.07, 6.45) is 13.8. The smallest absolute Gasteiger partial charge is 0.306 e. The van der Waals surface area contributed by atoms with Gasteiger partial charge in [0.15, 0.2) is 0 Å². The molecule has 0 aliphatic rings. The molecular weight excluding hydrogens is 328 g/mol. The number of rotatable bonds is 17. The third kappa shape index (κ3) is 16.4. The van der Waals surface area contributed by atoms with E-state index in [0.717, 1.165) is 25.7 Å². The lowest BCUT2D eigenvalue weighted by atomic mass is 10.1. The van der Waals surface area contributed by atoms with Gasteiger partial charge in [0, 0.05) is 12.8 Å². The van der Waals surface area contributed by atoms with Crippen molar-refractivity contribution in [3.05, 3.63) is 0 Å². The molecule has 0 bridgehead atoms. The van der Waals surface area contributed by atoms with E-state index < -0.39 is 0 Å². The van der Waals surface area contributed by atoms with Crippen LogP contribution in [0.15, 0.2) is 0 Å². The maximum absolute atomic E-state index is 11.8. The van der Waals surface area contributed by atoms with Gasteiger partial charge in [0.1, 0.15) is 0 Å². The van der Waals surface area contributed by atoms with Gasteiger partial charge in [-0.05, 0) is 46.0 Å². The summed E-state index contributed by atoms with van der Waals surface area (Å²) in [6.45, 7) is 8.27. The van der Waals surface area contributed by atoms with Crippen molar-refractivity contribution in [2.75, 3.05) is 0 Å². The molecule has 4 nitrogen and oxygen atoms in total. The molecule has 0 saturated heterocycles. The van der Waals surface area contributed by atoms with Crippen LogP contribution in [0, 0.1) is 0 Å². The highest BCUT2D eigenvalue weighted by Gasteiger charge is 2.13. The molecule has 2 atom stereocenters. The van der Waals surface area contributed by atoms with Crippen molar-refractivity contribution in [1.82, 2.24) is 0 Å². The van der Waals surface area contributed by atoms with Crippen LogP contribution >= 0.6 is 0 Å². The molecule has 154 valence electrons. The number of carbonyl (C=O) groups excluding carboxylic acids is 2. The van der Waals surface area contributed by atoms with Crippen LogP contribution in [-0.2, 0) is 19.1 Å². The van der Waals surface area contributed by atoms with Crippen LogP contribution < -0.4 is 0 Å². The van der Waals surface area contributed by atoms with Crippen LogP contribution in [0.4, 0.5) is 0 Å². The quantitative estimate of drug-likeness (QED) is 0.221. The zero-order chi connectivity index (χ0) is 19.6. The predicted octanol–water partition coefficient (Wildman–Crippen LogP) is 6.35. The van der Waals surface area contributed by atoms with Crippen LogP contribution in [0.2, 0.25) is 0 Å². The Labute approximate surface area is 161 Å². The maximum atomic E-state index is 11.8. The van der Waals surface area contributed by atoms with Crippen molar-refractivity contribution >= 4 is 11.9 Å². The Hall–Kier alpha value is -1.06. The molecule has 0 aromatic rings. The topological polar surface area (TPSA) is 52.6 Å². The minimum absolute atomic E-state index is 0.0285. The number of unbranched alkanes of at least 4 members (excludes halogenated alkanes) is 7. The molecule has 4 heteroatoms. The van der Waals surface area contributed by atoms with Gasteiger partial charge in [-0.15, -0.1) is 0 Å². The van der Waals surface area contributed by atoms with Gasteiger partial charge in [-0.2, -0.15) is 0 Å². The van der Waals surface area contributed by atoms with Crippen molar-refractivity contribution in [2.24, 2.45) is 0 Å². The van der Waals surface area contributed by atoms with Crippen LogP contribution in [0.1, 0.15) is 118 Å². The Morgan fingerprint density at radius 3 is 1.50 bits per heavy atom. The predicted molar refractivity (Wildman–Crippen MR) is 107 cm³/mol. The molecular formula is C22H42O4. The zero-order valence-electron chi connectivity index (χ0n) is 17.7. The fraction of sp³-hybridized carbons (Fsp3) is 0.909. The minimum atomic E-state index is -0.207. The highest BCUT2D eigenvalue weighted by atomic mass is 16.5. The van der Waals surface area contributed by atoms with Gasteiger partial charge in [0.25, 0.3) is 0 Å². The molecule has 0 N–H and O–H groups in total. The Morgan fingerprint density at radius 1 is 0.615 bits per heavy atom. The van der Waals surface area contributed by atoms with Gasteiger partial charge in [-0.25, -0.2) is 0 Å². The molecule has 0 fully saturated rings. The van der Waals surface area contributed by atoms with Crippen molar-refractivity contribution in [1.29, 1.82) is 0 Å². The standard InChI is InChI=1S/C22H42O4/c1-5-7-9-10-11-13-16-20(4)26-22(24)18-14-17-21(23)25-19(3)15-12-8-6-2/h19-20H,5-18H2,1-4H3. The van der Waals surface area contributed by atoms with Crippen molar-refractivity contribution in [2.45, 2.75) is 130 Å². The molecule has 0 aliphatic heterocycles. The van der Waals surface area contributed by atoms with E-state index in [-0.39, 0.29) is 24.1 Å². The fourth-order valence-corrected chi connectivity index (χ4v) is 2.96. The first kappa shape index (κ1) is 24.9. The van der Waals surface area contributed by atoms with E-state index in [0.29, 0.717) is 19.3 Å². The first-order valence-electron chi connectivity index (χ1n) is 10.9. The lowest BCUT2D eigenvalue weighted by Crippen LogP contribution is -2.17. The second kappa shape index (κ2) is 17.4. The zero-order valence-corrected chi connectivity index (χ0v) is 17.7. The summed E-state index contributed by atoms with van der Waals surface area (Å²) in [6, 6.07) is 0. The summed E-state index contributed by atoms with van der Waals surface area (Å²) in [7, 11) is 0. The normalized spacial score (nSPS) is 13.2. The molecule has 0 aromatic carbocycles. The third-order valence-electron chi connectivity index (χ3n) is 4.61. The Morgan fingerprint density at radius 2 is 1.00 bits per heavy atom. The van der Waals surface area contributed by atoms with Crippen molar-refractivity contribution < 1.29 is 19.1 Å². The molecule has 0 spiro atoms. The lowest BCUT2D eigenvalue weighted by molar-refractivity contribution is -0.150. The van der Waals surface area contributed by atoms with Gasteiger partial charge in [-0.1, -0.05) is 58.8 Å². The largest absolute Gasteiger partial charge is 0.463 e. The molecule has 0 aromatic heterocycles. The van der Waals surface area contributed by atoms with Crippen LogP contribution in [0.5, 0.6) is 0 Å². The monoisotopic (exact) mass is 370 g/mol. The highest BCUT2D eigenvalue weighted by Crippen LogP contribution is 2.12. The number of esters is 2. The summed E-state index contributed by atoms with van der Waals surface area (Å²) in [4.78, 5) is 23.6. The van der Waals surface area contributed by atoms with E-state index >= 15 is 0 Å². The first-order valence-corrected chi connectivity index (χ1v) is 10.9. The fourth-order valence-electron chi connectivity index (χ4n) is 2.96. The van der Waals surface area contributed by atoms with E-state index in [1.54, 1.807) is 0 Å². The van der Waals surface area contributed by atoms with Crippen molar-refractivity contribution in [3.63, 3.8) is 0 Å². The van der Waals surface area contributed by atoms with Gasteiger partial charge in [0.2, 0.25) is 0 Å². The molecule has 26 heavy (non-hydrogen) atoms. The van der Waals surface area contributed by atoms with Gasteiger partial charge in [0.05, 0.1) is 12.2 Å². The SMILES string of the molecule is CCCCCCCCC(C)OC(=O)CCCC(=O)OC(C)CCCCC. The Kier molecular flexibility index (Phi) is 16.7. The first-order chi connectivity index (χ1) is 12.5. The molecule has 0 aliphatic carbocycles. The second-order valence-electron chi connectivity index (χ2n) is 7.51. The van der Waals surface area contributed by atoms with Gasteiger partial charge < -0.3 is 9.47 Å². The van der Waals surface area contributed by atoms with E-state index in [1.165, 1.54) is 44.9 Å². The molecule has 0 radical (unpaired) electrons. The van der Waals surface area contributed by atoms with E-state index in [4.69, 9.17) is 9.47 Å². The number of ether oxygens (including phenoxy) is 2. The molecule has 0 saturated carbocycles. The Bertz CT molecular complexity index is 354. The summed E-state index contributed by atoms with van der Waals surface area (Å²) in [5.41, 5.74) is 0. The van der Waals surface area contributed by atoms with E-state index in [9.17, 15) is 9.59 Å². The summed E-state index contributed by atoms with van der Waals surface area (Å²) < 4.78 is 10.8. The summed E-state index contributed by atoms with van der Waals surface area (Å²) >= 11 is 0. The number of hydrogen-bond donors (Lipinski definition) is 0. The van der Waals surface area contributed by atoms with E-state index in [1.807, 2.05) is 13.8 Å². The molecule has 0 amide bonds. The second-order valence-corrected chi connectivity index (χ2v) is 7.51. The highest BCUT2D eigenvalue weighted by molar-refractivity contribution is 5.72. The van der Waals surface area contributed by atoms with Crippen LogP contribution in [0.25, 0.3) is 0 Å². The van der Waals surface area contributed by atoms with E-state index in [2.05, 4.69) is 13.8 Å². The maximum Gasteiger partial charge on any atom is 0.306 e. The average Bonchev–Trinajstić information content (AvgIpc) is 2.58. The van der Waals surface area contributed by atoms with Crippen LogP contribution in [0.3, 0.4) is 0 Å². The average molecular weight is 371 g/mol. The number of carbonyl (C=O) groups is 2. The van der Waals surface area contributed by atoms with Crippen LogP contribution in [-0.4, -0.2) is 24.1 Å². The summed E-state index contributed by atoms with van der Waals surface area (Å²) in [5, 5.41) is 0. The van der Waals surface area contributed by atoms with Gasteiger partial charge in [-0.3, -0.25) is 9.59 Å². The van der Waals surface area contributed by atoms with Crippen molar-refractivity contribution in [3.8, 4) is 0 Å².